The summed E-state index contributed by atoms with van der Waals surface area (Å²) in [6, 6.07) is 3.73. The lowest BCUT2D eigenvalue weighted by atomic mass is 10.0. The first-order chi connectivity index (χ1) is 8.99. The molecule has 6 heteroatoms. The van der Waals surface area contributed by atoms with Gasteiger partial charge in [0.2, 0.25) is 0 Å². The van der Waals surface area contributed by atoms with Gasteiger partial charge in [-0.15, -0.1) is 11.3 Å². The number of carbonyl (C=O) groups excluding carboxylic acids is 1. The Balaban J connectivity index is 1.88. The summed E-state index contributed by atoms with van der Waals surface area (Å²) in [6.45, 7) is 8.35. The van der Waals surface area contributed by atoms with Crippen molar-refractivity contribution in [2.45, 2.75) is 19.4 Å². The average molecular weight is 347 g/mol. The molecule has 1 amide bonds. The molecule has 2 heterocycles. The number of hydrogen-bond donors (Lipinski definition) is 1. The number of rotatable bonds is 4. The van der Waals surface area contributed by atoms with Crippen molar-refractivity contribution in [2.75, 3.05) is 32.8 Å². The summed E-state index contributed by atoms with van der Waals surface area (Å²) in [5.74, 6) is -0.00275. The lowest BCUT2D eigenvalue weighted by Crippen LogP contribution is -2.55. The van der Waals surface area contributed by atoms with E-state index in [0.717, 1.165) is 35.0 Å². The minimum Gasteiger partial charge on any atom is -0.379 e. The van der Waals surface area contributed by atoms with Crippen LogP contribution in [0.2, 0.25) is 0 Å². The van der Waals surface area contributed by atoms with E-state index in [0.29, 0.717) is 6.54 Å². The summed E-state index contributed by atoms with van der Waals surface area (Å²) in [5.41, 5.74) is -0.0477. The van der Waals surface area contributed by atoms with Crippen LogP contribution < -0.4 is 5.32 Å². The van der Waals surface area contributed by atoms with E-state index < -0.39 is 0 Å². The Labute approximate surface area is 126 Å². The van der Waals surface area contributed by atoms with E-state index in [1.165, 1.54) is 11.3 Å². The monoisotopic (exact) mass is 346 g/mol. The van der Waals surface area contributed by atoms with E-state index in [1.807, 2.05) is 12.1 Å². The smallest absolute Gasteiger partial charge is 0.261 e. The van der Waals surface area contributed by atoms with Crippen molar-refractivity contribution >= 4 is 33.2 Å². The number of carbonyl (C=O) groups is 1. The Morgan fingerprint density at radius 1 is 1.47 bits per heavy atom. The molecule has 0 bridgehead atoms. The molecule has 0 unspecified atom stereocenters. The van der Waals surface area contributed by atoms with Gasteiger partial charge in [0.05, 0.1) is 21.9 Å². The van der Waals surface area contributed by atoms with Crippen molar-refractivity contribution in [1.82, 2.24) is 10.2 Å². The highest BCUT2D eigenvalue weighted by molar-refractivity contribution is 9.11. The normalized spacial score (nSPS) is 17.4. The van der Waals surface area contributed by atoms with E-state index in [-0.39, 0.29) is 11.4 Å². The quantitative estimate of drug-likeness (QED) is 0.909. The van der Waals surface area contributed by atoms with Gasteiger partial charge in [-0.1, -0.05) is 0 Å². The molecular weight excluding hydrogens is 328 g/mol. The third kappa shape index (κ3) is 4.02. The zero-order valence-electron chi connectivity index (χ0n) is 11.2. The maximum Gasteiger partial charge on any atom is 0.261 e. The topological polar surface area (TPSA) is 41.6 Å². The van der Waals surface area contributed by atoms with Crippen LogP contribution >= 0.6 is 27.3 Å². The molecule has 0 spiro atoms. The fourth-order valence-corrected chi connectivity index (χ4v) is 3.40. The second-order valence-electron chi connectivity index (χ2n) is 5.20. The zero-order chi connectivity index (χ0) is 13.9. The molecule has 1 aliphatic rings. The molecule has 1 N–H and O–H groups in total. The molecule has 1 saturated heterocycles. The number of thiophene rings is 1. The van der Waals surface area contributed by atoms with Gasteiger partial charge in [-0.05, 0) is 41.9 Å². The maximum atomic E-state index is 12.0. The van der Waals surface area contributed by atoms with Crippen LogP contribution in [0, 0.1) is 0 Å². The number of halogens is 1. The van der Waals surface area contributed by atoms with Gasteiger partial charge in [-0.2, -0.15) is 0 Å². The first-order valence-corrected chi connectivity index (χ1v) is 7.96. The highest BCUT2D eigenvalue weighted by atomic mass is 79.9. The maximum absolute atomic E-state index is 12.0. The molecule has 0 aromatic carbocycles. The highest BCUT2D eigenvalue weighted by Crippen LogP contribution is 2.22. The molecule has 1 aromatic heterocycles. The number of nitrogens with one attached hydrogen (secondary N) is 1. The Hall–Kier alpha value is -0.430. The van der Waals surface area contributed by atoms with Crippen LogP contribution in [-0.4, -0.2) is 49.2 Å². The molecule has 0 aliphatic carbocycles. The van der Waals surface area contributed by atoms with Gasteiger partial charge in [-0.3, -0.25) is 9.69 Å². The van der Waals surface area contributed by atoms with Crippen LogP contribution in [0.3, 0.4) is 0 Å². The van der Waals surface area contributed by atoms with Crippen LogP contribution in [0.5, 0.6) is 0 Å². The Morgan fingerprint density at radius 3 is 2.74 bits per heavy atom. The largest absolute Gasteiger partial charge is 0.379 e. The Morgan fingerprint density at radius 2 is 2.16 bits per heavy atom. The summed E-state index contributed by atoms with van der Waals surface area (Å²) >= 11 is 4.82. The fourth-order valence-electron chi connectivity index (χ4n) is 2.10. The highest BCUT2D eigenvalue weighted by Gasteiger charge is 2.28. The SMILES string of the molecule is CC(C)(CNC(=O)c1ccc(Br)s1)N1CCOCC1. The van der Waals surface area contributed by atoms with E-state index >= 15 is 0 Å². The predicted molar refractivity (Wildman–Crippen MR) is 80.8 cm³/mol. The second-order valence-corrected chi connectivity index (χ2v) is 7.66. The first kappa shape index (κ1) is 15.0. The van der Waals surface area contributed by atoms with Crippen LogP contribution in [-0.2, 0) is 4.74 Å². The van der Waals surface area contributed by atoms with Gasteiger partial charge in [0.25, 0.3) is 5.91 Å². The van der Waals surface area contributed by atoms with E-state index in [9.17, 15) is 4.79 Å². The van der Waals surface area contributed by atoms with Crippen molar-refractivity contribution in [3.63, 3.8) is 0 Å². The molecule has 1 aliphatic heterocycles. The lowest BCUT2D eigenvalue weighted by Gasteiger charge is -2.40. The van der Waals surface area contributed by atoms with Crippen molar-refractivity contribution < 1.29 is 9.53 Å². The molecule has 106 valence electrons. The van der Waals surface area contributed by atoms with Gasteiger partial charge in [0.15, 0.2) is 0 Å². The summed E-state index contributed by atoms with van der Waals surface area (Å²) in [5, 5.41) is 3.02. The van der Waals surface area contributed by atoms with Crippen LogP contribution in [0.1, 0.15) is 23.5 Å². The van der Waals surface area contributed by atoms with Crippen molar-refractivity contribution in [2.24, 2.45) is 0 Å². The standard InChI is InChI=1S/C13H19BrN2O2S/c1-13(2,16-5-7-18-8-6-16)9-15-12(17)10-3-4-11(14)19-10/h3-4H,5-9H2,1-2H3,(H,15,17). The number of nitrogens with zero attached hydrogens (tertiary/aromatic N) is 1. The van der Waals surface area contributed by atoms with Crippen LogP contribution in [0.15, 0.2) is 15.9 Å². The summed E-state index contributed by atoms with van der Waals surface area (Å²) in [4.78, 5) is 15.1. The summed E-state index contributed by atoms with van der Waals surface area (Å²) in [6.07, 6.45) is 0. The van der Waals surface area contributed by atoms with Gasteiger partial charge in [0, 0.05) is 25.2 Å². The number of ether oxygens (including phenoxy) is 1. The van der Waals surface area contributed by atoms with E-state index in [1.54, 1.807) is 0 Å². The Bertz CT molecular complexity index is 442. The van der Waals surface area contributed by atoms with Crippen molar-refractivity contribution in [1.29, 1.82) is 0 Å². The molecule has 1 fully saturated rings. The van der Waals surface area contributed by atoms with Crippen LogP contribution in [0.25, 0.3) is 0 Å². The first-order valence-electron chi connectivity index (χ1n) is 6.35. The molecular formula is C13H19BrN2O2S. The number of hydrogen-bond acceptors (Lipinski definition) is 4. The predicted octanol–water partition coefficient (Wildman–Crippen LogP) is 2.35. The second kappa shape index (κ2) is 6.35. The van der Waals surface area contributed by atoms with E-state index in [4.69, 9.17) is 4.74 Å². The third-order valence-electron chi connectivity index (χ3n) is 3.35. The summed E-state index contributed by atoms with van der Waals surface area (Å²) < 4.78 is 6.34. The lowest BCUT2D eigenvalue weighted by molar-refractivity contribution is -0.00922. The molecule has 19 heavy (non-hydrogen) atoms. The third-order valence-corrected chi connectivity index (χ3v) is 4.97. The van der Waals surface area contributed by atoms with Crippen molar-refractivity contribution in [3.05, 3.63) is 20.8 Å². The van der Waals surface area contributed by atoms with Crippen LogP contribution in [0.4, 0.5) is 0 Å². The minimum absolute atomic E-state index is 0.00275. The summed E-state index contributed by atoms with van der Waals surface area (Å²) in [7, 11) is 0. The molecule has 4 nitrogen and oxygen atoms in total. The van der Waals surface area contributed by atoms with Gasteiger partial charge in [0.1, 0.15) is 0 Å². The molecule has 1 aromatic rings. The van der Waals surface area contributed by atoms with Gasteiger partial charge in [-0.25, -0.2) is 0 Å². The minimum atomic E-state index is -0.0477. The fraction of sp³-hybridized carbons (Fsp3) is 0.615. The van der Waals surface area contributed by atoms with E-state index in [2.05, 4.69) is 40.0 Å². The average Bonchev–Trinajstić information content (AvgIpc) is 2.84. The molecule has 0 atom stereocenters. The van der Waals surface area contributed by atoms with Crippen molar-refractivity contribution in [3.8, 4) is 0 Å². The number of amides is 1. The molecule has 0 saturated carbocycles. The Kier molecular flexibility index (Phi) is 5.00. The number of morpholine rings is 1. The zero-order valence-corrected chi connectivity index (χ0v) is 13.6. The van der Waals surface area contributed by atoms with Gasteiger partial charge >= 0.3 is 0 Å². The molecule has 0 radical (unpaired) electrons. The van der Waals surface area contributed by atoms with Gasteiger partial charge < -0.3 is 10.1 Å². The molecule has 2 rings (SSSR count).